The molecular weight excluding hydrogens is 490 g/mol. The number of benzene rings is 3. The smallest absolute Gasteiger partial charge is 0.257 e. The zero-order valence-corrected chi connectivity index (χ0v) is 22.4. The predicted molar refractivity (Wildman–Crippen MR) is 151 cm³/mol. The maximum atomic E-state index is 13.9. The van der Waals surface area contributed by atoms with Crippen molar-refractivity contribution in [1.29, 1.82) is 0 Å². The molecule has 7 nitrogen and oxygen atoms in total. The molecule has 0 aliphatic carbocycles. The highest BCUT2D eigenvalue weighted by Gasteiger charge is 2.27. The fourth-order valence-electron chi connectivity index (χ4n) is 5.21. The number of aromatic nitrogens is 1. The third-order valence-corrected chi connectivity index (χ3v) is 7.38. The fourth-order valence-corrected chi connectivity index (χ4v) is 5.21. The van der Waals surface area contributed by atoms with Crippen molar-refractivity contribution < 1.29 is 18.8 Å². The minimum atomic E-state index is -0.220. The molecule has 202 valence electrons. The minimum absolute atomic E-state index is 0.00484. The van der Waals surface area contributed by atoms with Gasteiger partial charge < -0.3 is 19.1 Å². The van der Waals surface area contributed by atoms with E-state index in [4.69, 9.17) is 9.26 Å². The summed E-state index contributed by atoms with van der Waals surface area (Å²) in [6.07, 6.45) is 4.57. The van der Waals surface area contributed by atoms with E-state index in [-0.39, 0.29) is 30.9 Å². The monoisotopic (exact) mass is 525 g/mol. The highest BCUT2D eigenvalue weighted by molar-refractivity contribution is 5.96. The number of rotatable bonds is 4. The first kappa shape index (κ1) is 26.5. The van der Waals surface area contributed by atoms with Crippen molar-refractivity contribution in [3.8, 4) is 5.75 Å². The van der Waals surface area contributed by atoms with Crippen LogP contribution in [0.2, 0.25) is 0 Å². The highest BCUT2D eigenvalue weighted by Crippen LogP contribution is 2.24. The van der Waals surface area contributed by atoms with Crippen molar-refractivity contribution in [2.24, 2.45) is 0 Å². The van der Waals surface area contributed by atoms with Gasteiger partial charge >= 0.3 is 0 Å². The number of fused-ring (bicyclic) bond motifs is 2. The summed E-state index contributed by atoms with van der Waals surface area (Å²) >= 11 is 0. The number of hydrogen-bond acceptors (Lipinski definition) is 5. The number of nitrogens with zero attached hydrogens (tertiary/aromatic N) is 3. The zero-order valence-electron chi connectivity index (χ0n) is 22.4. The van der Waals surface area contributed by atoms with Crippen molar-refractivity contribution >= 4 is 22.8 Å². The maximum Gasteiger partial charge on any atom is 0.257 e. The van der Waals surface area contributed by atoms with Crippen LogP contribution in [0, 0.1) is 0 Å². The van der Waals surface area contributed by atoms with Gasteiger partial charge in [-0.15, -0.1) is 0 Å². The molecule has 5 rings (SSSR count). The first-order valence-electron chi connectivity index (χ1n) is 13.7. The maximum absolute atomic E-state index is 13.9. The summed E-state index contributed by atoms with van der Waals surface area (Å²) in [5.74, 6) is 0.488. The topological polar surface area (TPSA) is 75.9 Å². The fraction of sp³-hybridized carbons (Fsp3) is 0.344. The largest absolute Gasteiger partial charge is 0.491 e. The molecule has 0 saturated heterocycles. The van der Waals surface area contributed by atoms with Crippen LogP contribution in [-0.4, -0.2) is 59.6 Å². The van der Waals surface area contributed by atoms with Gasteiger partial charge in [-0.25, -0.2) is 0 Å². The zero-order chi connectivity index (χ0) is 27.0. The Labute approximate surface area is 229 Å². The van der Waals surface area contributed by atoms with E-state index in [1.54, 1.807) is 4.90 Å². The molecule has 0 bridgehead atoms. The van der Waals surface area contributed by atoms with Crippen LogP contribution in [0.4, 0.5) is 0 Å². The molecule has 39 heavy (non-hydrogen) atoms. The minimum Gasteiger partial charge on any atom is -0.491 e. The van der Waals surface area contributed by atoms with E-state index in [1.165, 1.54) is 0 Å². The Morgan fingerprint density at radius 1 is 0.897 bits per heavy atom. The van der Waals surface area contributed by atoms with Crippen LogP contribution in [0.15, 0.2) is 83.4 Å². The average Bonchev–Trinajstić information content (AvgIpc) is 3.37. The standard InChI is InChI=1S/C32H35N3O4/c1-34-19-11-2-3-12-20-35(31(36)22-28-26-15-7-10-18-30(26)39-33-28)25(21-24-13-5-4-6-14-24)23-38-29-17-9-8-16-27(29)32(34)37/h4-10,13-18,25H,2-3,11-12,19-23H2,1H3/t25-/m0/s1. The summed E-state index contributed by atoms with van der Waals surface area (Å²) in [6.45, 7) is 1.59. The molecule has 0 unspecified atom stereocenters. The number of ether oxygens (including phenoxy) is 1. The number of carbonyl (C=O) groups excluding carboxylic acids is 2. The number of para-hydroxylation sites is 2. The van der Waals surface area contributed by atoms with Crippen LogP contribution in [-0.2, 0) is 17.6 Å². The van der Waals surface area contributed by atoms with Crippen molar-refractivity contribution in [2.45, 2.75) is 44.6 Å². The van der Waals surface area contributed by atoms with E-state index in [0.29, 0.717) is 42.1 Å². The lowest BCUT2D eigenvalue weighted by molar-refractivity contribution is -0.133. The third-order valence-electron chi connectivity index (χ3n) is 7.38. The Morgan fingerprint density at radius 3 is 2.46 bits per heavy atom. The van der Waals surface area contributed by atoms with Gasteiger partial charge in [0.2, 0.25) is 5.91 Å². The molecule has 4 aromatic rings. The lowest BCUT2D eigenvalue weighted by Crippen LogP contribution is -2.46. The molecule has 7 heteroatoms. The van der Waals surface area contributed by atoms with Gasteiger partial charge in [0.05, 0.1) is 18.0 Å². The van der Waals surface area contributed by atoms with Gasteiger partial charge in [0.1, 0.15) is 18.1 Å². The van der Waals surface area contributed by atoms with Crippen LogP contribution in [0.25, 0.3) is 11.0 Å². The second-order valence-corrected chi connectivity index (χ2v) is 10.2. The molecule has 1 aromatic heterocycles. The first-order valence-corrected chi connectivity index (χ1v) is 13.7. The Morgan fingerprint density at radius 2 is 1.62 bits per heavy atom. The SMILES string of the molecule is CN1CCCCCCN(C(=O)Cc2noc3ccccc23)[C@@H](Cc2ccccc2)COc2ccccc2C1=O. The van der Waals surface area contributed by atoms with Crippen LogP contribution in [0.5, 0.6) is 5.75 Å². The number of carbonyl (C=O) groups is 2. The molecule has 0 fully saturated rings. The molecular formula is C32H35N3O4. The summed E-state index contributed by atoms with van der Waals surface area (Å²) in [5, 5.41) is 5.08. The Balaban J connectivity index is 1.45. The van der Waals surface area contributed by atoms with Crippen LogP contribution in [0.1, 0.15) is 47.3 Å². The van der Waals surface area contributed by atoms with Crippen molar-refractivity contribution in [2.75, 3.05) is 26.7 Å². The molecule has 1 aliphatic heterocycles. The molecule has 0 saturated carbocycles. The van der Waals surface area contributed by atoms with Gasteiger partial charge in [0, 0.05) is 25.5 Å². The molecule has 1 atom stereocenters. The Bertz CT molecular complexity index is 1400. The lowest BCUT2D eigenvalue weighted by Gasteiger charge is -2.33. The molecule has 0 spiro atoms. The average molecular weight is 526 g/mol. The number of amides is 2. The second-order valence-electron chi connectivity index (χ2n) is 10.2. The molecule has 0 radical (unpaired) electrons. The lowest BCUT2D eigenvalue weighted by atomic mass is 10.0. The van der Waals surface area contributed by atoms with Gasteiger partial charge in [-0.1, -0.05) is 72.6 Å². The number of hydrogen-bond donors (Lipinski definition) is 0. The van der Waals surface area contributed by atoms with Gasteiger partial charge in [0.15, 0.2) is 5.58 Å². The summed E-state index contributed by atoms with van der Waals surface area (Å²) in [7, 11) is 1.84. The van der Waals surface area contributed by atoms with Crippen LogP contribution in [0.3, 0.4) is 0 Å². The van der Waals surface area contributed by atoms with Gasteiger partial charge in [0.25, 0.3) is 5.91 Å². The first-order chi connectivity index (χ1) is 19.1. The Hall–Kier alpha value is -4.13. The predicted octanol–water partition coefficient (Wildman–Crippen LogP) is 5.54. The van der Waals surface area contributed by atoms with Gasteiger partial charge in [-0.3, -0.25) is 9.59 Å². The second kappa shape index (κ2) is 12.6. The van der Waals surface area contributed by atoms with E-state index < -0.39 is 0 Å². The van der Waals surface area contributed by atoms with E-state index in [2.05, 4.69) is 17.3 Å². The normalized spacial score (nSPS) is 17.4. The third kappa shape index (κ3) is 6.48. The highest BCUT2D eigenvalue weighted by atomic mass is 16.5. The quantitative estimate of drug-likeness (QED) is 0.350. The van der Waals surface area contributed by atoms with E-state index >= 15 is 0 Å². The van der Waals surface area contributed by atoms with Crippen molar-refractivity contribution in [3.05, 3.63) is 95.7 Å². The van der Waals surface area contributed by atoms with Gasteiger partial charge in [-0.2, -0.15) is 0 Å². The van der Waals surface area contributed by atoms with Crippen LogP contribution < -0.4 is 4.74 Å². The summed E-state index contributed by atoms with van der Waals surface area (Å²) in [4.78, 5) is 30.8. The summed E-state index contributed by atoms with van der Waals surface area (Å²) in [6, 6.07) is 24.9. The molecule has 2 amide bonds. The van der Waals surface area contributed by atoms with Gasteiger partial charge in [-0.05, 0) is 49.1 Å². The van der Waals surface area contributed by atoms with Crippen LogP contribution >= 0.6 is 0 Å². The van der Waals surface area contributed by atoms with E-state index in [0.717, 1.165) is 36.6 Å². The van der Waals surface area contributed by atoms with E-state index in [9.17, 15) is 9.59 Å². The summed E-state index contributed by atoms with van der Waals surface area (Å²) < 4.78 is 11.8. The molecule has 2 heterocycles. The molecule has 3 aromatic carbocycles. The Kier molecular flexibility index (Phi) is 8.56. The molecule has 1 aliphatic rings. The van der Waals surface area contributed by atoms with Crippen molar-refractivity contribution in [3.63, 3.8) is 0 Å². The molecule has 0 N–H and O–H groups in total. The summed E-state index contributed by atoms with van der Waals surface area (Å²) in [5.41, 5.74) is 2.99. The van der Waals surface area contributed by atoms with E-state index in [1.807, 2.05) is 78.7 Å². The van der Waals surface area contributed by atoms with Crippen molar-refractivity contribution in [1.82, 2.24) is 15.0 Å².